The summed E-state index contributed by atoms with van der Waals surface area (Å²) in [6, 6.07) is 12.3. The number of ketones is 1. The van der Waals surface area contributed by atoms with E-state index in [9.17, 15) is 14.7 Å². The van der Waals surface area contributed by atoms with E-state index in [1.165, 1.54) is 4.90 Å². The predicted octanol–water partition coefficient (Wildman–Crippen LogP) is 1.22. The van der Waals surface area contributed by atoms with Crippen LogP contribution in [0.3, 0.4) is 0 Å². The van der Waals surface area contributed by atoms with Gasteiger partial charge in [-0.3, -0.25) is 9.59 Å². The topological polar surface area (TPSA) is 77.3 Å². The number of hydrogen-bond donors (Lipinski definition) is 1. The van der Waals surface area contributed by atoms with Gasteiger partial charge in [-0.2, -0.15) is 0 Å². The van der Waals surface area contributed by atoms with Crippen molar-refractivity contribution in [1.29, 1.82) is 0 Å². The molecule has 2 aliphatic rings. The van der Waals surface area contributed by atoms with Crippen molar-refractivity contribution in [2.45, 2.75) is 39.3 Å². The van der Waals surface area contributed by atoms with E-state index in [0.717, 1.165) is 35.7 Å². The molecule has 1 amide bonds. The number of nitrogens with zero attached hydrogens (tertiary/aromatic N) is 2. The zero-order valence-corrected chi connectivity index (χ0v) is 21.3. The van der Waals surface area contributed by atoms with Crippen LogP contribution >= 0.6 is 0 Å². The van der Waals surface area contributed by atoms with Gasteiger partial charge in [-0.1, -0.05) is 24.0 Å². The van der Waals surface area contributed by atoms with Crippen molar-refractivity contribution in [3.63, 3.8) is 0 Å². The highest BCUT2D eigenvalue weighted by atomic mass is 16.5. The first-order chi connectivity index (χ1) is 16.7. The number of rotatable bonds is 8. The second-order valence-electron chi connectivity index (χ2n) is 9.62. The summed E-state index contributed by atoms with van der Waals surface area (Å²) in [6.45, 7) is 9.18. The smallest absolute Gasteiger partial charge is 0.295 e. The van der Waals surface area contributed by atoms with Gasteiger partial charge in [0.1, 0.15) is 11.9 Å². The summed E-state index contributed by atoms with van der Waals surface area (Å²) in [4.78, 5) is 31.4. The predicted molar refractivity (Wildman–Crippen MR) is 134 cm³/mol. The molecule has 2 aliphatic heterocycles. The number of fused-ring (bicyclic) bond motifs is 1. The molecule has 1 N–H and O–H groups in total. The summed E-state index contributed by atoms with van der Waals surface area (Å²) in [7, 11) is 3.91. The zero-order chi connectivity index (χ0) is 25.3. The van der Waals surface area contributed by atoms with Crippen molar-refractivity contribution >= 4 is 23.1 Å². The molecule has 2 unspecified atom stereocenters. The number of benzene rings is 2. The van der Waals surface area contributed by atoms with Crippen LogP contribution in [0.1, 0.15) is 43.5 Å². The molecule has 2 aromatic carbocycles. The number of carbonyl (C=O) groups excluding carboxylic acids is 2. The van der Waals surface area contributed by atoms with Crippen molar-refractivity contribution < 1.29 is 24.3 Å². The van der Waals surface area contributed by atoms with Crippen LogP contribution in [0.2, 0.25) is 0 Å². The molecule has 2 atom stereocenters. The first-order valence-corrected chi connectivity index (χ1v) is 12.4. The minimum Gasteiger partial charge on any atom is -0.872 e. The van der Waals surface area contributed by atoms with Crippen molar-refractivity contribution in [3.8, 4) is 5.75 Å². The van der Waals surface area contributed by atoms with Crippen LogP contribution in [0.5, 0.6) is 5.75 Å². The molecular weight excluding hydrogens is 442 g/mol. The Kier molecular flexibility index (Phi) is 7.17. The largest absolute Gasteiger partial charge is 0.872 e. The third kappa shape index (κ3) is 4.78. The lowest BCUT2D eigenvalue weighted by molar-refractivity contribution is -0.895. The Hall–Kier alpha value is -3.32. The Bertz CT molecular complexity index is 1140. The quantitative estimate of drug-likeness (QED) is 0.352. The highest BCUT2D eigenvalue weighted by molar-refractivity contribution is 6.46. The molecule has 0 bridgehead atoms. The molecule has 0 saturated carbocycles. The van der Waals surface area contributed by atoms with Crippen LogP contribution in [0.4, 0.5) is 5.69 Å². The van der Waals surface area contributed by atoms with Crippen LogP contribution in [-0.2, 0) is 16.0 Å². The standard InChI is InChI=1S/C28H35N3O4/c1-6-30(7-2)14-15-31-25(19-8-11-22(12-9-19)29(4)5)24(27(33)28(31)34)26(32)20-10-13-23-21(17-20)16-18(3)35-23/h8-13,17-18,25,32H,6-7,14-16H2,1-5H3/b26-24+. The number of likely N-dealkylation sites (tertiary alicyclic amines) is 1. The highest BCUT2D eigenvalue weighted by Crippen LogP contribution is 2.40. The molecule has 7 nitrogen and oxygen atoms in total. The fourth-order valence-electron chi connectivity index (χ4n) is 5.00. The van der Waals surface area contributed by atoms with Gasteiger partial charge in [-0.15, -0.1) is 0 Å². The minimum atomic E-state index is -0.698. The summed E-state index contributed by atoms with van der Waals surface area (Å²) in [5, 5.41) is 13.7. The molecule has 0 radical (unpaired) electrons. The van der Waals surface area contributed by atoms with E-state index in [2.05, 4.69) is 13.8 Å². The van der Waals surface area contributed by atoms with Gasteiger partial charge in [-0.05, 0) is 61.7 Å². The van der Waals surface area contributed by atoms with E-state index in [-0.39, 0.29) is 17.4 Å². The Morgan fingerprint density at radius 2 is 1.80 bits per heavy atom. The maximum atomic E-state index is 13.7. The van der Waals surface area contributed by atoms with Crippen molar-refractivity contribution in [2.24, 2.45) is 0 Å². The third-order valence-corrected chi connectivity index (χ3v) is 7.12. The summed E-state index contributed by atoms with van der Waals surface area (Å²) in [5.41, 5.74) is 3.18. The summed E-state index contributed by atoms with van der Waals surface area (Å²) in [6.07, 6.45) is 0.770. The van der Waals surface area contributed by atoms with Gasteiger partial charge in [0.2, 0.25) is 5.78 Å². The number of likely N-dealkylation sites (N-methyl/N-ethyl adjacent to an activating group) is 1. The van der Waals surface area contributed by atoms with E-state index < -0.39 is 17.7 Å². The van der Waals surface area contributed by atoms with Crippen LogP contribution in [0.25, 0.3) is 5.76 Å². The number of anilines is 1. The van der Waals surface area contributed by atoms with E-state index in [1.54, 1.807) is 23.1 Å². The fraction of sp³-hybridized carbons (Fsp3) is 0.429. The maximum absolute atomic E-state index is 13.7. The number of hydrogen-bond acceptors (Lipinski definition) is 5. The Morgan fingerprint density at radius 3 is 2.43 bits per heavy atom. The number of ether oxygens (including phenoxy) is 1. The average Bonchev–Trinajstić information content (AvgIpc) is 3.35. The van der Waals surface area contributed by atoms with Gasteiger partial charge in [0.25, 0.3) is 5.91 Å². The Morgan fingerprint density at radius 1 is 1.11 bits per heavy atom. The van der Waals surface area contributed by atoms with E-state index in [0.29, 0.717) is 25.1 Å². The Balaban J connectivity index is 1.78. The number of quaternary nitrogens is 1. The first kappa shape index (κ1) is 24.8. The number of Topliss-reactive ketones (excluding diaryl/α,β-unsaturated/α-hetero) is 1. The fourth-order valence-corrected chi connectivity index (χ4v) is 5.00. The van der Waals surface area contributed by atoms with E-state index in [1.807, 2.05) is 50.2 Å². The maximum Gasteiger partial charge on any atom is 0.295 e. The van der Waals surface area contributed by atoms with Crippen molar-refractivity contribution in [2.75, 3.05) is 45.2 Å². The lowest BCUT2D eigenvalue weighted by Crippen LogP contribution is -3.12. The molecule has 2 aromatic rings. The zero-order valence-electron chi connectivity index (χ0n) is 21.3. The highest BCUT2D eigenvalue weighted by Gasteiger charge is 2.44. The molecule has 0 aromatic heterocycles. The van der Waals surface area contributed by atoms with Gasteiger partial charge in [0, 0.05) is 31.8 Å². The van der Waals surface area contributed by atoms with Crippen molar-refractivity contribution in [3.05, 3.63) is 64.7 Å². The monoisotopic (exact) mass is 477 g/mol. The van der Waals surface area contributed by atoms with Gasteiger partial charge in [0.05, 0.1) is 32.2 Å². The van der Waals surface area contributed by atoms with Crippen LogP contribution in [-0.4, -0.2) is 63.0 Å². The second-order valence-corrected chi connectivity index (χ2v) is 9.62. The number of nitrogens with one attached hydrogen (secondary N) is 1. The molecule has 1 saturated heterocycles. The summed E-state index contributed by atoms with van der Waals surface area (Å²) < 4.78 is 5.77. The molecule has 4 rings (SSSR count). The molecule has 186 valence electrons. The number of carbonyl (C=O) groups is 2. The lowest BCUT2D eigenvalue weighted by atomic mass is 9.94. The second kappa shape index (κ2) is 10.1. The van der Waals surface area contributed by atoms with Gasteiger partial charge < -0.3 is 24.5 Å². The van der Waals surface area contributed by atoms with Crippen LogP contribution in [0, 0.1) is 0 Å². The lowest BCUT2D eigenvalue weighted by Gasteiger charge is -2.29. The average molecular weight is 478 g/mol. The first-order valence-electron chi connectivity index (χ1n) is 12.4. The molecule has 0 spiro atoms. The molecule has 1 fully saturated rings. The molecule has 7 heteroatoms. The van der Waals surface area contributed by atoms with E-state index >= 15 is 0 Å². The minimum absolute atomic E-state index is 0.0362. The van der Waals surface area contributed by atoms with E-state index in [4.69, 9.17) is 4.74 Å². The van der Waals surface area contributed by atoms with Crippen LogP contribution in [0.15, 0.2) is 48.0 Å². The summed E-state index contributed by atoms with van der Waals surface area (Å²) >= 11 is 0. The van der Waals surface area contributed by atoms with Gasteiger partial charge in [0.15, 0.2) is 0 Å². The molecule has 0 aliphatic carbocycles. The molecular formula is C28H35N3O4. The summed E-state index contributed by atoms with van der Waals surface area (Å²) in [5.74, 6) is -0.909. The molecule has 35 heavy (non-hydrogen) atoms. The SMILES string of the molecule is CC[NH+](CC)CCN1C(=O)C(=O)/C(=C(/[O-])c2ccc3c(c2)CC(C)O3)C1c1ccc(N(C)C)cc1. The van der Waals surface area contributed by atoms with Gasteiger partial charge in [-0.25, -0.2) is 0 Å². The van der Waals surface area contributed by atoms with Crippen molar-refractivity contribution in [1.82, 2.24) is 4.90 Å². The van der Waals surface area contributed by atoms with Gasteiger partial charge >= 0.3 is 0 Å². The molecule has 2 heterocycles. The van der Waals surface area contributed by atoms with Crippen LogP contribution < -0.4 is 19.6 Å². The Labute approximate surface area is 207 Å². The number of amides is 1. The normalized spacial score (nSPS) is 20.9. The third-order valence-electron chi connectivity index (χ3n) is 7.12.